The highest BCUT2D eigenvalue weighted by Gasteiger charge is 2.46. The number of amides is 1. The minimum atomic E-state index is -0.917. The van der Waals surface area contributed by atoms with Crippen molar-refractivity contribution in [3.05, 3.63) is 35.6 Å². The van der Waals surface area contributed by atoms with Crippen molar-refractivity contribution in [3.8, 4) is 0 Å². The third-order valence-corrected chi connectivity index (χ3v) is 5.69. The largest absolute Gasteiger partial charge is 0.481 e. The molecule has 24 heavy (non-hydrogen) atoms. The van der Waals surface area contributed by atoms with Crippen molar-refractivity contribution in [1.82, 2.24) is 5.32 Å². The van der Waals surface area contributed by atoms with E-state index in [1.807, 2.05) is 0 Å². The summed E-state index contributed by atoms with van der Waals surface area (Å²) in [4.78, 5) is 24.0. The van der Waals surface area contributed by atoms with Crippen LogP contribution in [0.4, 0.5) is 4.39 Å². The van der Waals surface area contributed by atoms with Crippen LogP contribution in [0.2, 0.25) is 0 Å². The number of hydrogen-bond acceptors (Lipinski definition) is 2. The number of rotatable bonds is 6. The zero-order valence-electron chi connectivity index (χ0n) is 13.8. The Labute approximate surface area is 141 Å². The topological polar surface area (TPSA) is 66.4 Å². The first-order valence-corrected chi connectivity index (χ1v) is 8.79. The lowest BCUT2D eigenvalue weighted by Gasteiger charge is -2.37. The Morgan fingerprint density at radius 3 is 2.42 bits per heavy atom. The number of halogens is 1. The molecule has 3 rings (SSSR count). The molecule has 1 aromatic carbocycles. The van der Waals surface area contributed by atoms with E-state index in [0.29, 0.717) is 18.4 Å². The van der Waals surface area contributed by atoms with Gasteiger partial charge in [-0.25, -0.2) is 4.39 Å². The fourth-order valence-corrected chi connectivity index (χ4v) is 4.07. The highest BCUT2D eigenvalue weighted by Crippen LogP contribution is 2.44. The Bertz CT molecular complexity index is 621. The van der Waals surface area contributed by atoms with E-state index in [2.05, 4.69) is 5.32 Å². The molecule has 0 bridgehead atoms. The Hall–Kier alpha value is -1.91. The predicted molar refractivity (Wildman–Crippen MR) is 87.8 cm³/mol. The highest BCUT2D eigenvalue weighted by atomic mass is 19.1. The van der Waals surface area contributed by atoms with E-state index < -0.39 is 11.4 Å². The second kappa shape index (κ2) is 6.91. The summed E-state index contributed by atoms with van der Waals surface area (Å²) < 4.78 is 14.2. The number of nitrogens with one attached hydrogen (secondary N) is 1. The molecule has 2 N–H and O–H groups in total. The van der Waals surface area contributed by atoms with Crippen molar-refractivity contribution in [1.29, 1.82) is 0 Å². The minimum absolute atomic E-state index is 0.0139. The predicted octanol–water partition coefficient (Wildman–Crippen LogP) is 3.82. The minimum Gasteiger partial charge on any atom is -0.481 e. The fourth-order valence-electron chi connectivity index (χ4n) is 4.07. The van der Waals surface area contributed by atoms with Crippen LogP contribution in [0.3, 0.4) is 0 Å². The number of aliphatic carboxylic acids is 1. The second-order valence-corrected chi connectivity index (χ2v) is 7.23. The molecule has 0 radical (unpaired) electrons. The second-order valence-electron chi connectivity index (χ2n) is 7.23. The van der Waals surface area contributed by atoms with Crippen LogP contribution in [0.5, 0.6) is 0 Å². The maximum Gasteiger partial charge on any atom is 0.310 e. The number of carboxylic acids is 1. The van der Waals surface area contributed by atoms with Crippen molar-refractivity contribution >= 4 is 11.9 Å². The molecule has 0 heterocycles. The van der Waals surface area contributed by atoms with E-state index >= 15 is 0 Å². The average molecular weight is 333 g/mol. The van der Waals surface area contributed by atoms with Crippen molar-refractivity contribution in [2.24, 2.45) is 11.3 Å². The molecule has 1 amide bonds. The number of hydrogen-bond donors (Lipinski definition) is 2. The van der Waals surface area contributed by atoms with Gasteiger partial charge in [-0.3, -0.25) is 9.59 Å². The van der Waals surface area contributed by atoms with Crippen molar-refractivity contribution in [3.63, 3.8) is 0 Å². The molecule has 4 nitrogen and oxygen atoms in total. The van der Waals surface area contributed by atoms with E-state index in [9.17, 15) is 19.1 Å². The van der Waals surface area contributed by atoms with E-state index in [0.717, 1.165) is 32.1 Å². The summed E-state index contributed by atoms with van der Waals surface area (Å²) in [7, 11) is 0. The summed E-state index contributed by atoms with van der Waals surface area (Å²) in [6.07, 6.45) is 6.02. The fraction of sp³-hybridized carbons (Fsp3) is 0.579. The monoisotopic (exact) mass is 333 g/mol. The number of carbonyl (C=O) groups excluding carboxylic acids is 1. The maximum absolute atomic E-state index is 14.2. The molecule has 2 aliphatic rings. The van der Waals surface area contributed by atoms with E-state index in [-0.39, 0.29) is 30.1 Å². The summed E-state index contributed by atoms with van der Waals surface area (Å²) in [6.45, 7) is 0. The lowest BCUT2D eigenvalue weighted by molar-refractivity contribution is -0.157. The highest BCUT2D eigenvalue weighted by molar-refractivity contribution is 5.85. The van der Waals surface area contributed by atoms with Gasteiger partial charge < -0.3 is 10.4 Å². The first-order chi connectivity index (χ1) is 11.5. The van der Waals surface area contributed by atoms with Crippen LogP contribution in [0.1, 0.15) is 63.0 Å². The maximum atomic E-state index is 14.2. The Morgan fingerprint density at radius 2 is 1.88 bits per heavy atom. The van der Waals surface area contributed by atoms with Gasteiger partial charge in [0.2, 0.25) is 5.91 Å². The first kappa shape index (κ1) is 16.9. The van der Waals surface area contributed by atoms with Gasteiger partial charge in [0.15, 0.2) is 0 Å². The van der Waals surface area contributed by atoms with E-state index in [1.54, 1.807) is 18.2 Å². The van der Waals surface area contributed by atoms with Crippen molar-refractivity contribution < 1.29 is 19.1 Å². The standard InChI is InChI=1S/C19H24FNO3/c20-15-9-4-3-8-14(15)17(13-6-1-2-7-13)21-16(22)12-19(18(23)24)10-5-11-19/h3-4,8-9,13,17H,1-2,5-7,10-12H2,(H,21,22)(H,23,24). The molecule has 130 valence electrons. The SMILES string of the molecule is O=C(CC1(C(=O)O)CCC1)NC(c1ccccc1F)C1CCCC1. The van der Waals surface area contributed by atoms with Crippen molar-refractivity contribution in [2.45, 2.75) is 57.4 Å². The molecule has 1 unspecified atom stereocenters. The molecule has 0 saturated heterocycles. The Balaban J connectivity index is 1.75. The summed E-state index contributed by atoms with van der Waals surface area (Å²) in [5, 5.41) is 12.4. The molecule has 1 atom stereocenters. The molecule has 0 aromatic heterocycles. The van der Waals surface area contributed by atoms with Crippen LogP contribution in [0, 0.1) is 17.2 Å². The van der Waals surface area contributed by atoms with Gasteiger partial charge in [0.25, 0.3) is 0 Å². The zero-order valence-corrected chi connectivity index (χ0v) is 13.8. The molecule has 1 aromatic rings. The van der Waals surface area contributed by atoms with Crippen molar-refractivity contribution in [2.75, 3.05) is 0 Å². The van der Waals surface area contributed by atoms with Gasteiger partial charge >= 0.3 is 5.97 Å². The van der Waals surface area contributed by atoms with Gasteiger partial charge in [-0.05, 0) is 37.7 Å². The molecule has 0 spiro atoms. The van der Waals surface area contributed by atoms with Crippen LogP contribution < -0.4 is 5.32 Å². The summed E-state index contributed by atoms with van der Waals surface area (Å²) in [6, 6.07) is 6.17. The molecular weight excluding hydrogens is 309 g/mol. The van der Waals surface area contributed by atoms with Crippen LogP contribution in [0.15, 0.2) is 24.3 Å². The molecule has 2 saturated carbocycles. The zero-order chi connectivity index (χ0) is 17.2. The van der Waals surface area contributed by atoms with Crippen LogP contribution in [0.25, 0.3) is 0 Å². The lowest BCUT2D eigenvalue weighted by Crippen LogP contribution is -2.44. The van der Waals surface area contributed by atoms with Gasteiger partial charge in [0.1, 0.15) is 5.82 Å². The van der Waals surface area contributed by atoms with Gasteiger partial charge in [-0.15, -0.1) is 0 Å². The molecule has 0 aliphatic heterocycles. The van der Waals surface area contributed by atoms with Crippen LogP contribution >= 0.6 is 0 Å². The molecule has 5 heteroatoms. The van der Waals surface area contributed by atoms with Gasteiger partial charge in [-0.1, -0.05) is 37.5 Å². The van der Waals surface area contributed by atoms with Crippen LogP contribution in [-0.4, -0.2) is 17.0 Å². The lowest BCUT2D eigenvalue weighted by atomic mass is 9.66. The normalized spacial score (nSPS) is 21.0. The molecule has 2 aliphatic carbocycles. The third kappa shape index (κ3) is 3.30. The van der Waals surface area contributed by atoms with E-state index in [4.69, 9.17) is 0 Å². The smallest absolute Gasteiger partial charge is 0.310 e. The number of carboxylic acid groups (broad SMARTS) is 1. The van der Waals surface area contributed by atoms with E-state index in [1.165, 1.54) is 6.07 Å². The molecule has 2 fully saturated rings. The quantitative estimate of drug-likeness (QED) is 0.832. The third-order valence-electron chi connectivity index (χ3n) is 5.69. The summed E-state index contributed by atoms with van der Waals surface area (Å²) in [5.74, 6) is -1.27. The Morgan fingerprint density at radius 1 is 1.21 bits per heavy atom. The Kier molecular flexibility index (Phi) is 4.88. The average Bonchev–Trinajstić information content (AvgIpc) is 3.03. The summed E-state index contributed by atoms with van der Waals surface area (Å²) in [5.41, 5.74) is -0.407. The first-order valence-electron chi connectivity index (χ1n) is 8.79. The van der Waals surface area contributed by atoms with Crippen LogP contribution in [-0.2, 0) is 9.59 Å². The summed E-state index contributed by atoms with van der Waals surface area (Å²) >= 11 is 0. The van der Waals surface area contributed by atoms with Gasteiger partial charge in [0, 0.05) is 12.0 Å². The molecular formula is C19H24FNO3. The van der Waals surface area contributed by atoms with Gasteiger partial charge in [0.05, 0.1) is 11.5 Å². The number of carbonyl (C=O) groups is 2. The van der Waals surface area contributed by atoms with Gasteiger partial charge in [-0.2, -0.15) is 0 Å². The number of benzene rings is 1.